The van der Waals surface area contributed by atoms with E-state index in [-0.39, 0.29) is 112 Å². The first-order chi connectivity index (χ1) is 65.1. The summed E-state index contributed by atoms with van der Waals surface area (Å²) >= 11 is -1.17. The third-order valence-electron chi connectivity index (χ3n) is 35.4. The number of hydrogen-bond donors (Lipinski definition) is 1. The molecule has 33 nitrogen and oxygen atoms in total. The van der Waals surface area contributed by atoms with E-state index in [1.807, 2.05) is 34.6 Å². The molecule has 24 aliphatic rings. The van der Waals surface area contributed by atoms with Gasteiger partial charge in [-0.05, 0) is 295 Å². The molecule has 1 N–H and O–H groups in total. The first-order valence-corrected chi connectivity index (χ1v) is 54.4. The highest BCUT2D eigenvalue weighted by atomic mass is 32.2. The fourth-order valence-corrected chi connectivity index (χ4v) is 34.0. The zero-order valence-corrected chi connectivity index (χ0v) is 85.3. The number of esters is 12. The molecule has 24 fully saturated rings. The van der Waals surface area contributed by atoms with Crippen molar-refractivity contribution < 1.29 is 153 Å². The van der Waals surface area contributed by atoms with Crippen LogP contribution in [-0.2, 0) is 158 Å². The van der Waals surface area contributed by atoms with E-state index in [0.717, 1.165) is 107 Å². The Labute approximate surface area is 818 Å². The van der Waals surface area contributed by atoms with Crippen molar-refractivity contribution >= 4 is 103 Å². The predicted molar refractivity (Wildman–Crippen MR) is 496 cm³/mol. The summed E-state index contributed by atoms with van der Waals surface area (Å²) in [6.07, 6.45) is 22.2. The number of rotatable bonds is 25. The normalized spacial score (nSPS) is 40.8. The molecule has 20 saturated carbocycles. The smallest absolute Gasteiger partial charge is 0.344 e. The lowest BCUT2D eigenvalue weighted by Gasteiger charge is -2.61. The minimum absolute atomic E-state index is 0.00284. The zero-order valence-electron chi connectivity index (χ0n) is 82.9. The zero-order chi connectivity index (χ0) is 101. The molecular weight excluding hydrogens is 1860 g/mol. The third-order valence-corrected chi connectivity index (χ3v) is 40.4. The van der Waals surface area contributed by atoms with Gasteiger partial charge in [0.2, 0.25) is 0 Å². The third kappa shape index (κ3) is 21.5. The largest absolute Gasteiger partial charge is 0.459 e. The standard InChI is InChI=1S/C19H26O6.C17H26O2.C15H22O7S.C14H20O3.C13H16O7S.C13H20O4S.C12H14O4/c1-11(2)18(22)24-9-16(20)23-10-17(21)25-19(3)14-5-12-4-13(7-14)8-15(19)6-12;1-10(2)16(18)19-17(11(3)4)14-6-12-5-13(8-14)9-15(17)7-12;1-4-15(2,3)14(17)20-7-11(16)21-12-8-5-9-10(6-8)23(18,19)22-13(9)12;1-9(2)12(15)17-14-6-10-3-11(7-14)5-13(16,4-10)8-14;1-6(2)13(15)18-5-10(14)19-11-7-3-8-9(4-7)21(16,17)20-12(8)11;1-4-13(2,3)12(14)16-10-7-5-8-9(6-7)18(15)17-11(8)10;1-5(2)11(13)15-9-6-3-7-8(4-6)12(14)16-10(7)9/h12-15H,1,4-10H2,2-3H3;11-15H,1,5-9H2,2-4H3;8-10,12-13H,4-7H2,1-3H3;10-11,16H,1,3-8H2,2H3;7-9,11-12H,1,3-5H2,2H3;7-11H,4-6H2,1-3H3;6-10H,1,3-4H2,2H3. The Morgan fingerprint density at radius 3 is 1.30 bits per heavy atom. The van der Waals surface area contributed by atoms with Gasteiger partial charge in [-0.15, -0.1) is 0 Å². The van der Waals surface area contributed by atoms with E-state index in [4.69, 9.17) is 64.7 Å². The molecule has 4 heterocycles. The molecular formula is C103H144O33S3. The van der Waals surface area contributed by atoms with Crippen molar-refractivity contribution in [2.24, 2.45) is 129 Å². The van der Waals surface area contributed by atoms with Crippen molar-refractivity contribution in [1.29, 1.82) is 0 Å². The van der Waals surface area contributed by atoms with Crippen LogP contribution in [0.4, 0.5) is 0 Å². The van der Waals surface area contributed by atoms with Crippen LogP contribution in [0.5, 0.6) is 0 Å². The van der Waals surface area contributed by atoms with E-state index in [1.54, 1.807) is 34.6 Å². The lowest BCUT2D eigenvalue weighted by Crippen LogP contribution is -2.62. The molecule has 36 heteroatoms. The number of hydrogen-bond acceptors (Lipinski definition) is 33. The minimum atomic E-state index is -3.53. The van der Waals surface area contributed by atoms with E-state index < -0.39 is 162 Å². The fraction of sp³-hybridized carbons (Fsp3) is 0.786. The van der Waals surface area contributed by atoms with Crippen LogP contribution in [0.3, 0.4) is 0 Å². The molecule has 0 amide bonds. The Balaban J connectivity index is 0.000000123. The van der Waals surface area contributed by atoms with Crippen molar-refractivity contribution in [3.05, 3.63) is 60.8 Å². The number of carbonyl (C=O) groups is 12. The van der Waals surface area contributed by atoms with Gasteiger partial charge in [-0.1, -0.05) is 60.6 Å². The summed E-state index contributed by atoms with van der Waals surface area (Å²) in [5, 5.41) is 9.79. The van der Waals surface area contributed by atoms with Crippen LogP contribution >= 0.6 is 0 Å². The number of carbonyl (C=O) groups excluding carboxylic acids is 12. The first kappa shape index (κ1) is 106. The van der Waals surface area contributed by atoms with Crippen LogP contribution in [0, 0.1) is 129 Å². The molecule has 20 bridgehead atoms. The van der Waals surface area contributed by atoms with E-state index >= 15 is 0 Å². The summed E-state index contributed by atoms with van der Waals surface area (Å²) < 4.78 is 138. The maximum absolute atomic E-state index is 12.2. The molecule has 24 rings (SSSR count). The minimum Gasteiger partial charge on any atom is -0.459 e. The lowest BCUT2D eigenvalue weighted by molar-refractivity contribution is -0.221. The van der Waals surface area contributed by atoms with Crippen LogP contribution in [-0.4, -0.2) is 211 Å². The van der Waals surface area contributed by atoms with Crippen LogP contribution in [0.1, 0.15) is 264 Å². The number of fused-ring (bicyclic) bond motifs is 4. The average Bonchev–Trinajstić information content (AvgIpc) is 1.68. The van der Waals surface area contributed by atoms with Crippen LogP contribution in [0.15, 0.2) is 60.8 Å². The highest BCUT2D eigenvalue weighted by Gasteiger charge is 2.70. The molecule has 4 saturated heterocycles. The average molecular weight is 2010 g/mol. The van der Waals surface area contributed by atoms with Gasteiger partial charge >= 0.3 is 71.6 Å². The van der Waals surface area contributed by atoms with E-state index in [1.165, 1.54) is 58.8 Å². The molecule has 0 aromatic carbocycles. The van der Waals surface area contributed by atoms with Gasteiger partial charge in [-0.25, -0.2) is 47.4 Å². The summed E-state index contributed by atoms with van der Waals surface area (Å²) in [6.45, 7) is 41.4. The summed E-state index contributed by atoms with van der Waals surface area (Å²) in [4.78, 5) is 141. The van der Waals surface area contributed by atoms with Gasteiger partial charge in [0.25, 0.3) is 20.2 Å². The summed E-state index contributed by atoms with van der Waals surface area (Å²) in [5.74, 6) is 2.50. The Hall–Kier alpha value is -7.77. The molecule has 4 aliphatic heterocycles. The SMILES string of the molecule is C=C(C)C(=O)OC1(C(C)C)C2CC3CC(C2)CC1C3.C=C(C)C(=O)OC12CC3CC(CC(O)(C3)C1)C2.C=C(C)C(=O)OC1C2CC3C(=O)OC1C3C2.C=C(C)C(=O)OCC(=O)OC1C2CC3C1OS(=O)(=O)C3C2.C=C(C)C(=O)OCC(=O)OCC(=O)OC1(C)C2CC3CC(C2)CC1C3.CCC(C)(C)C(=O)OC1C2CC3C1OS(=O)C3C2.CCC(C)(C)C(=O)OCC(=O)OC1C2CC3C1OS(=O)(=O)C3C2. The molecule has 0 aromatic heterocycles. The highest BCUT2D eigenvalue weighted by molar-refractivity contribution is 7.88. The molecule has 23 unspecified atom stereocenters. The molecule has 0 spiro atoms. The van der Waals surface area contributed by atoms with Gasteiger partial charge in [-0.2, -0.15) is 16.8 Å². The number of aliphatic hydroxyl groups is 1. The van der Waals surface area contributed by atoms with Crippen LogP contribution in [0.2, 0.25) is 0 Å². The second-order valence-electron chi connectivity index (χ2n) is 46.5. The molecule has 23 atom stereocenters. The Morgan fingerprint density at radius 2 is 0.835 bits per heavy atom. The highest BCUT2D eigenvalue weighted by Crippen LogP contribution is 2.65. The maximum Gasteiger partial charge on any atom is 0.344 e. The molecule has 772 valence electrons. The van der Waals surface area contributed by atoms with Crippen molar-refractivity contribution in [3.8, 4) is 0 Å². The Kier molecular flexibility index (Phi) is 30.6. The van der Waals surface area contributed by atoms with Gasteiger partial charge in [0.05, 0.1) is 38.1 Å². The van der Waals surface area contributed by atoms with Crippen molar-refractivity contribution in [1.82, 2.24) is 0 Å². The Bertz CT molecular complexity index is 5080. The van der Waals surface area contributed by atoms with Crippen molar-refractivity contribution in [3.63, 3.8) is 0 Å². The van der Waals surface area contributed by atoms with E-state index in [2.05, 4.69) is 51.5 Å². The maximum atomic E-state index is 12.2. The molecule has 0 radical (unpaired) electrons. The summed E-state index contributed by atoms with van der Waals surface area (Å²) in [7, 11) is -7.05. The van der Waals surface area contributed by atoms with E-state index in [0.29, 0.717) is 114 Å². The summed E-state index contributed by atoms with van der Waals surface area (Å²) in [5.41, 5.74) is -0.939. The quantitative estimate of drug-likeness (QED) is 0.0384. The molecule has 139 heavy (non-hydrogen) atoms. The lowest BCUT2D eigenvalue weighted by atomic mass is 9.47. The van der Waals surface area contributed by atoms with Gasteiger partial charge < -0.3 is 61.9 Å². The Morgan fingerprint density at radius 1 is 0.432 bits per heavy atom. The second kappa shape index (κ2) is 40.3. The molecule has 20 aliphatic carbocycles. The summed E-state index contributed by atoms with van der Waals surface area (Å²) in [6, 6.07) is 0. The predicted octanol–water partition coefficient (Wildman–Crippen LogP) is 12.6. The van der Waals surface area contributed by atoms with E-state index in [9.17, 15) is 83.7 Å². The van der Waals surface area contributed by atoms with Gasteiger partial charge in [0, 0.05) is 81.6 Å². The topological polar surface area (TPSA) is 449 Å². The van der Waals surface area contributed by atoms with Gasteiger partial charge in [0.1, 0.15) is 65.6 Å². The second-order valence-corrected chi connectivity index (χ2v) is 51.4. The van der Waals surface area contributed by atoms with Crippen LogP contribution in [0.25, 0.3) is 0 Å². The first-order valence-electron chi connectivity index (χ1n) is 50.4. The van der Waals surface area contributed by atoms with Gasteiger partial charge in [-0.3, -0.25) is 26.9 Å². The fourth-order valence-electron chi connectivity index (χ4n) is 28.7. The van der Waals surface area contributed by atoms with Gasteiger partial charge in [0.15, 0.2) is 37.5 Å². The van der Waals surface area contributed by atoms with Crippen molar-refractivity contribution in [2.75, 3.05) is 26.4 Å². The van der Waals surface area contributed by atoms with Crippen molar-refractivity contribution in [2.45, 2.75) is 351 Å². The monoisotopic (exact) mass is 2000 g/mol. The molecule has 0 aromatic rings. The van der Waals surface area contributed by atoms with Crippen LogP contribution < -0.4 is 0 Å². The number of ether oxygens (including phenoxy) is 12.